The van der Waals surface area contributed by atoms with Gasteiger partial charge in [0.25, 0.3) is 11.5 Å². The first kappa shape index (κ1) is 56.2. The maximum Gasteiger partial charge on any atom is 0.274 e. The highest BCUT2D eigenvalue weighted by atomic mass is 32.2. The summed E-state index contributed by atoms with van der Waals surface area (Å²) in [7, 11) is -2.16. The summed E-state index contributed by atoms with van der Waals surface area (Å²) >= 11 is 1.55. The van der Waals surface area contributed by atoms with Gasteiger partial charge < -0.3 is 54.6 Å². The van der Waals surface area contributed by atoms with Crippen LogP contribution in [0.5, 0.6) is 0 Å². The molecule has 0 saturated carbocycles. The van der Waals surface area contributed by atoms with Crippen molar-refractivity contribution in [1.29, 1.82) is 0 Å². The monoisotopic (exact) mass is 1100 g/mol. The number of aliphatic hydroxyl groups is 1. The minimum absolute atomic E-state index is 0.00546. The number of aryl methyl sites for hydroxylation is 2. The molecule has 1 fully saturated rings. The number of likely N-dealkylation sites (tertiary alicyclic amines) is 1. The van der Waals surface area contributed by atoms with Gasteiger partial charge in [-0.25, -0.2) is 27.2 Å². The predicted molar refractivity (Wildman–Crippen MR) is 284 cm³/mol. The Morgan fingerprint density at radius 3 is 2.36 bits per heavy atom. The topological polar surface area (TPSA) is 256 Å². The summed E-state index contributed by atoms with van der Waals surface area (Å²) in [6.45, 7) is 7.44. The number of benzene rings is 2. The normalized spacial score (nSPS) is 15.8. The third kappa shape index (κ3) is 13.2. The summed E-state index contributed by atoms with van der Waals surface area (Å²) in [5.41, 5.74) is 5.64. The Morgan fingerprint density at radius 1 is 0.974 bits per heavy atom. The second kappa shape index (κ2) is 23.7. The Bertz CT molecular complexity index is 3360. The van der Waals surface area contributed by atoms with Gasteiger partial charge in [0.2, 0.25) is 17.7 Å². The standard InChI is InChI=1S/C53H61F2N9O11S2/c1-30-46(76-29-60-30)32-9-7-31(8-10-32)21-59-50(68)42-19-36(65)25-64(42)52(70)47(53(2,3)4)61-43(66)27-75-16-15-74-14-13-73-12-11-56-49(67)37-20-41-38(17-33(37)28-77(6,71)72)39-26-62(5)51(69)45-44(39)34(22-57-45)24-63(41)48-40(55)18-35(54)23-58-48/h7-10,17-18,20,22-23,26,29,36,42,47,57,65H,11-16,19,21,24-25,27-28H2,1-6H3,(H,56,67)(H,59,68)(H,61,66)/t36-,42+,47-/m1/s1. The first-order valence-electron chi connectivity index (χ1n) is 24.8. The molecular weight excluding hydrogens is 1040 g/mol. The van der Waals surface area contributed by atoms with E-state index in [0.29, 0.717) is 28.1 Å². The molecule has 4 aromatic heterocycles. The van der Waals surface area contributed by atoms with Crippen molar-refractivity contribution in [3.63, 3.8) is 0 Å². The molecule has 0 aliphatic carbocycles. The zero-order valence-electron chi connectivity index (χ0n) is 43.4. The number of hydrogen-bond donors (Lipinski definition) is 5. The number of nitrogens with one attached hydrogen (secondary N) is 4. The van der Waals surface area contributed by atoms with Gasteiger partial charge in [0.15, 0.2) is 21.5 Å². The van der Waals surface area contributed by atoms with Crippen molar-refractivity contribution >= 4 is 67.2 Å². The minimum Gasteiger partial charge on any atom is -0.391 e. The molecule has 5 N–H and O–H groups in total. The second-order valence-corrected chi connectivity index (χ2v) is 23.1. The molecule has 3 atom stereocenters. The molecule has 6 heterocycles. The van der Waals surface area contributed by atoms with Gasteiger partial charge in [0.05, 0.1) is 79.4 Å². The number of aliphatic hydroxyl groups excluding tert-OH is 1. The lowest BCUT2D eigenvalue weighted by molar-refractivity contribution is -0.144. The minimum atomic E-state index is -3.72. The summed E-state index contributed by atoms with van der Waals surface area (Å²) in [4.78, 5) is 82.8. The summed E-state index contributed by atoms with van der Waals surface area (Å²) in [5.74, 6) is -4.80. The Morgan fingerprint density at radius 2 is 1.69 bits per heavy atom. The molecule has 0 radical (unpaired) electrons. The van der Waals surface area contributed by atoms with Gasteiger partial charge in [-0.3, -0.25) is 24.0 Å². The molecule has 2 aliphatic rings. The molecule has 1 saturated heterocycles. The molecule has 8 rings (SSSR count). The first-order valence-corrected chi connectivity index (χ1v) is 27.7. The summed E-state index contributed by atoms with van der Waals surface area (Å²) < 4.78 is 73.2. The number of sulfone groups is 1. The number of aromatic amines is 1. The maximum atomic E-state index is 15.5. The number of hydrogen-bond acceptors (Lipinski definition) is 15. The number of ether oxygens (including phenoxy) is 3. The van der Waals surface area contributed by atoms with Crippen LogP contribution in [0.2, 0.25) is 0 Å². The van der Waals surface area contributed by atoms with E-state index in [1.54, 1.807) is 57.1 Å². The van der Waals surface area contributed by atoms with Gasteiger partial charge in [-0.1, -0.05) is 45.0 Å². The summed E-state index contributed by atoms with van der Waals surface area (Å²) in [5, 5.41) is 19.5. The molecule has 4 amide bonds. The molecule has 24 heteroatoms. The molecule has 20 nitrogen and oxygen atoms in total. The van der Waals surface area contributed by atoms with Crippen molar-refractivity contribution in [2.75, 3.05) is 63.9 Å². The Hall–Kier alpha value is -6.96. The fourth-order valence-corrected chi connectivity index (χ4v) is 11.0. The van der Waals surface area contributed by atoms with E-state index in [0.717, 1.165) is 34.2 Å². The van der Waals surface area contributed by atoms with Gasteiger partial charge in [0, 0.05) is 79.9 Å². The number of carbonyl (C=O) groups is 4. The number of aromatic nitrogens is 4. The Kier molecular flexibility index (Phi) is 17.3. The summed E-state index contributed by atoms with van der Waals surface area (Å²) in [6, 6.07) is 9.43. The van der Waals surface area contributed by atoms with E-state index >= 15 is 4.39 Å². The number of pyridine rings is 2. The first-order chi connectivity index (χ1) is 36.6. The lowest BCUT2D eigenvalue weighted by atomic mass is 9.85. The zero-order valence-corrected chi connectivity index (χ0v) is 45.0. The second-order valence-electron chi connectivity index (χ2n) is 20.1. The van der Waals surface area contributed by atoms with Crippen LogP contribution in [0.3, 0.4) is 0 Å². The summed E-state index contributed by atoms with van der Waals surface area (Å²) in [6.07, 6.45) is 4.20. The van der Waals surface area contributed by atoms with Crippen LogP contribution in [0.25, 0.3) is 32.5 Å². The molecule has 2 aromatic carbocycles. The van der Waals surface area contributed by atoms with E-state index in [1.165, 1.54) is 26.5 Å². The number of amides is 4. The molecule has 0 bridgehead atoms. The van der Waals surface area contributed by atoms with E-state index in [2.05, 4.69) is 30.9 Å². The van der Waals surface area contributed by atoms with Crippen molar-refractivity contribution in [3.05, 3.63) is 117 Å². The van der Waals surface area contributed by atoms with Gasteiger partial charge in [0.1, 0.15) is 30.0 Å². The molecular formula is C53H61F2N9O11S2. The van der Waals surface area contributed by atoms with E-state index in [4.69, 9.17) is 14.2 Å². The van der Waals surface area contributed by atoms with Crippen LogP contribution in [0.1, 0.15) is 59.9 Å². The third-order valence-electron chi connectivity index (χ3n) is 13.1. The van der Waals surface area contributed by atoms with Crippen LogP contribution in [-0.4, -0.2) is 139 Å². The average molecular weight is 1100 g/mol. The van der Waals surface area contributed by atoms with Gasteiger partial charge >= 0.3 is 0 Å². The van der Waals surface area contributed by atoms with E-state index < -0.39 is 74.5 Å². The molecule has 77 heavy (non-hydrogen) atoms. The number of nitrogens with zero attached hydrogens (tertiary/aromatic N) is 5. The molecule has 2 aliphatic heterocycles. The van der Waals surface area contributed by atoms with Crippen LogP contribution in [0, 0.1) is 24.0 Å². The molecule has 0 unspecified atom stereocenters. The quantitative estimate of drug-likeness (QED) is 0.0626. The highest BCUT2D eigenvalue weighted by Crippen LogP contribution is 2.45. The highest BCUT2D eigenvalue weighted by molar-refractivity contribution is 7.89. The largest absolute Gasteiger partial charge is 0.391 e. The van der Waals surface area contributed by atoms with Crippen LogP contribution in [-0.2, 0) is 64.3 Å². The van der Waals surface area contributed by atoms with Crippen LogP contribution >= 0.6 is 11.3 Å². The Balaban J connectivity index is 0.795. The van der Waals surface area contributed by atoms with Crippen molar-refractivity contribution in [1.82, 2.24) is 40.4 Å². The average Bonchev–Trinajstić information content (AvgIpc) is 4.17. The molecule has 0 spiro atoms. The number of β-amino-alcohol motifs (C(OH)–C–C–N with tert-alkyl or cyclic N) is 1. The van der Waals surface area contributed by atoms with Gasteiger partial charge in [-0.2, -0.15) is 0 Å². The smallest absolute Gasteiger partial charge is 0.274 e. The van der Waals surface area contributed by atoms with Crippen LogP contribution < -0.4 is 26.4 Å². The predicted octanol–water partition coefficient (Wildman–Crippen LogP) is 4.42. The van der Waals surface area contributed by atoms with Gasteiger partial charge in [-0.15, -0.1) is 11.3 Å². The molecule has 410 valence electrons. The number of anilines is 2. The van der Waals surface area contributed by atoms with Gasteiger partial charge in [-0.05, 0) is 46.7 Å². The molecule has 6 aromatic rings. The van der Waals surface area contributed by atoms with Crippen molar-refractivity contribution in [2.24, 2.45) is 12.5 Å². The van der Waals surface area contributed by atoms with E-state index in [-0.39, 0.29) is 106 Å². The fraction of sp³-hybridized carbons (Fsp3) is 0.415. The number of halogens is 2. The third-order valence-corrected chi connectivity index (χ3v) is 15.0. The zero-order chi connectivity index (χ0) is 55.3. The van der Waals surface area contributed by atoms with Crippen LogP contribution in [0.15, 0.2) is 71.4 Å². The lowest BCUT2D eigenvalue weighted by Gasteiger charge is -2.35. The number of thiazole rings is 1. The van der Waals surface area contributed by atoms with Crippen molar-refractivity contribution in [3.8, 4) is 21.6 Å². The maximum absolute atomic E-state index is 15.5. The van der Waals surface area contributed by atoms with Crippen molar-refractivity contribution in [2.45, 2.75) is 71.1 Å². The number of rotatable bonds is 21. The van der Waals surface area contributed by atoms with Crippen molar-refractivity contribution < 1.29 is 55.7 Å². The number of H-pyrrole nitrogens is 1. The Labute approximate surface area is 447 Å². The number of carbonyl (C=O) groups excluding carboxylic acids is 4. The van der Waals surface area contributed by atoms with E-state index in [9.17, 15) is 41.9 Å². The highest BCUT2D eigenvalue weighted by Gasteiger charge is 2.44. The fourth-order valence-electron chi connectivity index (χ4n) is 9.42. The lowest BCUT2D eigenvalue weighted by Crippen LogP contribution is -2.58. The SMILES string of the molecule is Cc1ncsc1-c1ccc(CNC(=O)[C@@H]2C[C@@H](O)CN2C(=O)[C@@H](NC(=O)COCCOCCOCCNC(=O)c2cc3c(cc2CS(C)(=O)=O)-c2cn(C)c(=O)c4[nH]cc(c24)CN3c2ncc(F)cc2F)C(C)(C)C)cc1. The van der Waals surface area contributed by atoms with E-state index in [1.807, 2.05) is 31.2 Å². The number of fused-ring (bicyclic) bond motifs is 2. The van der Waals surface area contributed by atoms with Crippen LogP contribution in [0.4, 0.5) is 20.3 Å².